The molecule has 2 rings (SSSR count). The first kappa shape index (κ1) is 10.4. The van der Waals surface area contributed by atoms with Crippen LogP contribution >= 0.6 is 0 Å². The third-order valence-electron chi connectivity index (χ3n) is 2.87. The van der Waals surface area contributed by atoms with Crippen LogP contribution in [0.15, 0.2) is 0 Å². The lowest BCUT2D eigenvalue weighted by molar-refractivity contribution is 0.00134. The molecule has 1 spiro atoms. The first-order valence-electron chi connectivity index (χ1n) is 5.13. The SMILES string of the molecule is CC(C)(C)CN1CC2(C1)CS(=O)(=O)C2. The fourth-order valence-electron chi connectivity index (χ4n) is 2.76. The van der Waals surface area contributed by atoms with Crippen LogP contribution in [0.2, 0.25) is 0 Å². The van der Waals surface area contributed by atoms with Gasteiger partial charge in [0.2, 0.25) is 0 Å². The molecule has 0 aromatic carbocycles. The molecule has 2 aliphatic rings. The lowest BCUT2D eigenvalue weighted by atomic mass is 9.81. The highest BCUT2D eigenvalue weighted by Gasteiger charge is 2.55. The number of hydrogen-bond donors (Lipinski definition) is 0. The van der Waals surface area contributed by atoms with Crippen LogP contribution in [0.4, 0.5) is 0 Å². The molecule has 0 N–H and O–H groups in total. The first-order valence-corrected chi connectivity index (χ1v) is 6.95. The van der Waals surface area contributed by atoms with E-state index in [0.717, 1.165) is 19.6 Å². The van der Waals surface area contributed by atoms with Crippen molar-refractivity contribution >= 4 is 9.84 Å². The van der Waals surface area contributed by atoms with Crippen molar-refractivity contribution in [3.8, 4) is 0 Å². The van der Waals surface area contributed by atoms with Crippen LogP contribution in [0, 0.1) is 10.8 Å². The van der Waals surface area contributed by atoms with Crippen LogP contribution in [-0.4, -0.2) is 44.5 Å². The molecule has 14 heavy (non-hydrogen) atoms. The third-order valence-corrected chi connectivity index (χ3v) is 4.97. The van der Waals surface area contributed by atoms with Gasteiger partial charge in [-0.25, -0.2) is 8.42 Å². The number of rotatable bonds is 1. The summed E-state index contributed by atoms with van der Waals surface area (Å²) in [5.74, 6) is 0.862. The fraction of sp³-hybridized carbons (Fsp3) is 1.00. The molecule has 4 heteroatoms. The van der Waals surface area contributed by atoms with Crippen molar-refractivity contribution in [3.05, 3.63) is 0 Å². The molecule has 0 amide bonds. The van der Waals surface area contributed by atoms with E-state index in [2.05, 4.69) is 25.7 Å². The third kappa shape index (κ3) is 1.96. The predicted octanol–water partition coefficient (Wildman–Crippen LogP) is 0.763. The van der Waals surface area contributed by atoms with Gasteiger partial charge in [0, 0.05) is 25.0 Å². The average molecular weight is 217 g/mol. The topological polar surface area (TPSA) is 37.4 Å². The molecule has 0 bridgehead atoms. The van der Waals surface area contributed by atoms with E-state index in [1.807, 2.05) is 0 Å². The van der Waals surface area contributed by atoms with Crippen molar-refractivity contribution in [2.75, 3.05) is 31.1 Å². The Hall–Kier alpha value is -0.0900. The number of sulfone groups is 1. The Morgan fingerprint density at radius 2 is 1.71 bits per heavy atom. The van der Waals surface area contributed by atoms with Crippen molar-refractivity contribution in [2.24, 2.45) is 10.8 Å². The van der Waals surface area contributed by atoms with Gasteiger partial charge >= 0.3 is 0 Å². The van der Waals surface area contributed by atoms with E-state index in [1.165, 1.54) is 0 Å². The van der Waals surface area contributed by atoms with Crippen LogP contribution in [-0.2, 0) is 9.84 Å². The molecule has 0 aromatic rings. The average Bonchev–Trinajstić information content (AvgIpc) is 1.74. The minimum absolute atomic E-state index is 0.157. The molecule has 2 fully saturated rings. The molecular formula is C10H19NO2S. The molecule has 2 heterocycles. The highest BCUT2D eigenvalue weighted by molar-refractivity contribution is 7.92. The van der Waals surface area contributed by atoms with Crippen molar-refractivity contribution in [2.45, 2.75) is 20.8 Å². The van der Waals surface area contributed by atoms with Crippen molar-refractivity contribution < 1.29 is 8.42 Å². The zero-order chi connectivity index (χ0) is 10.6. The van der Waals surface area contributed by atoms with Crippen LogP contribution < -0.4 is 0 Å². The van der Waals surface area contributed by atoms with Gasteiger partial charge in [-0.1, -0.05) is 20.8 Å². The standard InChI is InChI=1S/C10H19NO2S/c1-9(2,3)4-11-5-10(6-11)7-14(12,13)8-10/h4-8H2,1-3H3. The summed E-state index contributed by atoms with van der Waals surface area (Å²) in [6.45, 7) is 9.71. The highest BCUT2D eigenvalue weighted by Crippen LogP contribution is 2.42. The van der Waals surface area contributed by atoms with Crippen LogP contribution in [0.5, 0.6) is 0 Å². The molecule has 0 saturated carbocycles. The van der Waals surface area contributed by atoms with Crippen LogP contribution in [0.25, 0.3) is 0 Å². The molecule has 3 nitrogen and oxygen atoms in total. The van der Waals surface area contributed by atoms with Gasteiger partial charge in [-0.2, -0.15) is 0 Å². The van der Waals surface area contributed by atoms with Crippen molar-refractivity contribution in [1.29, 1.82) is 0 Å². The van der Waals surface area contributed by atoms with E-state index in [-0.39, 0.29) is 5.41 Å². The predicted molar refractivity (Wildman–Crippen MR) is 57.0 cm³/mol. The minimum Gasteiger partial charge on any atom is -0.301 e. The Morgan fingerprint density at radius 3 is 2.07 bits per heavy atom. The van der Waals surface area contributed by atoms with E-state index in [9.17, 15) is 8.42 Å². The van der Waals surface area contributed by atoms with Crippen LogP contribution in [0.3, 0.4) is 0 Å². The number of likely N-dealkylation sites (tertiary alicyclic amines) is 1. The maximum atomic E-state index is 11.1. The van der Waals surface area contributed by atoms with Gasteiger partial charge in [-0.15, -0.1) is 0 Å². The van der Waals surface area contributed by atoms with E-state index in [1.54, 1.807) is 0 Å². The summed E-state index contributed by atoms with van der Waals surface area (Å²) in [7, 11) is -2.64. The Balaban J connectivity index is 1.81. The molecule has 2 aliphatic heterocycles. The van der Waals surface area contributed by atoms with Gasteiger partial charge in [0.15, 0.2) is 9.84 Å². The summed E-state index contributed by atoms with van der Waals surface area (Å²) in [4.78, 5) is 2.37. The lowest BCUT2D eigenvalue weighted by Gasteiger charge is -2.56. The van der Waals surface area contributed by atoms with Crippen molar-refractivity contribution in [3.63, 3.8) is 0 Å². The van der Waals surface area contributed by atoms with Crippen molar-refractivity contribution in [1.82, 2.24) is 4.90 Å². The molecule has 0 aromatic heterocycles. The fourth-order valence-corrected chi connectivity index (χ4v) is 4.90. The Kier molecular flexibility index (Phi) is 2.03. The Morgan fingerprint density at radius 1 is 1.21 bits per heavy atom. The maximum Gasteiger partial charge on any atom is 0.151 e. The van der Waals surface area contributed by atoms with Gasteiger partial charge in [0.1, 0.15) is 0 Å². The zero-order valence-corrected chi connectivity index (χ0v) is 10.0. The van der Waals surface area contributed by atoms with Gasteiger partial charge in [0.05, 0.1) is 11.5 Å². The second kappa shape index (κ2) is 2.73. The normalized spacial score (nSPS) is 29.6. The summed E-state index contributed by atoms with van der Waals surface area (Å²) in [5, 5.41) is 0. The smallest absolute Gasteiger partial charge is 0.151 e. The summed E-state index contributed by atoms with van der Waals surface area (Å²) in [5.41, 5.74) is 0.480. The first-order chi connectivity index (χ1) is 6.20. The lowest BCUT2D eigenvalue weighted by Crippen LogP contribution is -2.69. The molecule has 0 aliphatic carbocycles. The van der Waals surface area contributed by atoms with Gasteiger partial charge in [-0.3, -0.25) is 0 Å². The molecule has 0 atom stereocenters. The van der Waals surface area contributed by atoms with Gasteiger partial charge in [0.25, 0.3) is 0 Å². The van der Waals surface area contributed by atoms with Gasteiger partial charge < -0.3 is 4.90 Å². The number of hydrogen-bond acceptors (Lipinski definition) is 3. The maximum absolute atomic E-state index is 11.1. The number of nitrogens with zero attached hydrogens (tertiary/aromatic N) is 1. The molecular weight excluding hydrogens is 198 g/mol. The zero-order valence-electron chi connectivity index (χ0n) is 9.21. The van der Waals surface area contributed by atoms with E-state index < -0.39 is 9.84 Å². The van der Waals surface area contributed by atoms with Crippen LogP contribution in [0.1, 0.15) is 20.8 Å². The quantitative estimate of drug-likeness (QED) is 0.651. The van der Waals surface area contributed by atoms with E-state index in [4.69, 9.17) is 0 Å². The second-order valence-electron chi connectivity index (χ2n) is 6.24. The summed E-state index contributed by atoms with van der Waals surface area (Å²) in [6, 6.07) is 0. The molecule has 0 unspecified atom stereocenters. The Labute approximate surface area is 86.4 Å². The molecule has 0 radical (unpaired) electrons. The summed E-state index contributed by atoms with van der Waals surface area (Å²) in [6.07, 6.45) is 0. The Bertz CT molecular complexity index is 320. The summed E-state index contributed by atoms with van der Waals surface area (Å²) >= 11 is 0. The minimum atomic E-state index is -2.64. The molecule has 82 valence electrons. The molecule has 2 saturated heterocycles. The van der Waals surface area contributed by atoms with E-state index in [0.29, 0.717) is 16.9 Å². The summed E-state index contributed by atoms with van der Waals surface area (Å²) < 4.78 is 22.1. The second-order valence-corrected chi connectivity index (χ2v) is 8.30. The highest BCUT2D eigenvalue weighted by atomic mass is 32.2. The van der Waals surface area contributed by atoms with E-state index >= 15 is 0 Å². The monoisotopic (exact) mass is 217 g/mol. The largest absolute Gasteiger partial charge is 0.301 e. The van der Waals surface area contributed by atoms with Gasteiger partial charge in [-0.05, 0) is 5.41 Å².